The van der Waals surface area contributed by atoms with Crippen molar-refractivity contribution < 1.29 is 19.1 Å². The fraction of sp³-hybridized carbons (Fsp3) is 0.409. The Kier molecular flexibility index (Phi) is 4.91. The number of carbonyl (C=O) groups is 3. The summed E-state index contributed by atoms with van der Waals surface area (Å²) in [6.07, 6.45) is 10.8. The van der Waals surface area contributed by atoms with Crippen LogP contribution in [0.15, 0.2) is 36.4 Å². The number of ether oxygens (including phenoxy) is 1. The minimum Gasteiger partial charge on any atom is -0.481 e. The Balaban J connectivity index is 1.25. The van der Waals surface area contributed by atoms with E-state index in [1.54, 1.807) is 0 Å². The fourth-order valence-corrected chi connectivity index (χ4v) is 4.54. The lowest BCUT2D eigenvalue weighted by Crippen LogP contribution is -2.42. The number of allylic oxidation sites excluding steroid dienone is 2. The van der Waals surface area contributed by atoms with E-state index in [0.717, 1.165) is 16.9 Å². The van der Waals surface area contributed by atoms with Gasteiger partial charge in [0.05, 0.1) is 11.8 Å². The highest BCUT2D eigenvalue weighted by Crippen LogP contribution is 2.52. The Hall–Kier alpha value is -3.07. The van der Waals surface area contributed by atoms with E-state index in [0.29, 0.717) is 18.7 Å². The molecule has 6 nitrogen and oxygen atoms in total. The number of carbonyl (C=O) groups excluding carboxylic acids is 3. The van der Waals surface area contributed by atoms with Gasteiger partial charge in [0, 0.05) is 6.54 Å². The summed E-state index contributed by atoms with van der Waals surface area (Å²) in [5.41, 5.74) is 1.04. The molecule has 2 fully saturated rings. The van der Waals surface area contributed by atoms with E-state index in [1.807, 2.05) is 36.4 Å². The average molecular weight is 378 g/mol. The number of terminal acetylenes is 1. The molecule has 1 saturated carbocycles. The van der Waals surface area contributed by atoms with Crippen LogP contribution in [0, 0.1) is 36.0 Å². The number of nitrogens with one attached hydrogen (secondary N) is 1. The van der Waals surface area contributed by atoms with E-state index >= 15 is 0 Å². The average Bonchev–Trinajstić information content (AvgIpc) is 3.37. The van der Waals surface area contributed by atoms with Gasteiger partial charge < -0.3 is 10.1 Å². The lowest BCUT2D eigenvalue weighted by Gasteiger charge is -2.16. The summed E-state index contributed by atoms with van der Waals surface area (Å²) in [6, 6.07) is 7.49. The quantitative estimate of drug-likeness (QED) is 0.439. The van der Waals surface area contributed by atoms with Crippen molar-refractivity contribution in [2.45, 2.75) is 12.8 Å². The molecular formula is C22H22N2O4. The molecule has 1 saturated heterocycles. The van der Waals surface area contributed by atoms with Gasteiger partial charge in [-0.3, -0.25) is 19.3 Å². The summed E-state index contributed by atoms with van der Waals surface area (Å²) < 4.78 is 5.32. The van der Waals surface area contributed by atoms with E-state index in [-0.39, 0.29) is 54.5 Å². The van der Waals surface area contributed by atoms with Gasteiger partial charge in [0.2, 0.25) is 17.7 Å². The Morgan fingerprint density at radius 2 is 1.79 bits per heavy atom. The van der Waals surface area contributed by atoms with Crippen LogP contribution in [0.5, 0.6) is 5.75 Å². The summed E-state index contributed by atoms with van der Waals surface area (Å²) >= 11 is 0. The van der Waals surface area contributed by atoms with Crippen molar-refractivity contribution >= 4 is 17.7 Å². The van der Waals surface area contributed by atoms with Gasteiger partial charge in [0.25, 0.3) is 0 Å². The molecule has 2 aliphatic carbocycles. The molecular weight excluding hydrogens is 356 g/mol. The molecule has 3 amide bonds. The lowest BCUT2D eigenvalue weighted by molar-refractivity contribution is -0.144. The first-order valence-electron chi connectivity index (χ1n) is 9.54. The van der Waals surface area contributed by atoms with Crippen molar-refractivity contribution in [3.8, 4) is 18.1 Å². The van der Waals surface area contributed by atoms with Gasteiger partial charge in [-0.05, 0) is 42.4 Å². The standard InChI is InChI=1S/C22H22N2O4/c1-2-11-28-17-7-3-14(4-8-17)9-10-23-18(25)13-24-21(26)19-15-5-6-16(12-15)20(19)22(24)27/h1,3-8,15-16,19-20H,9-13H2,(H,23,25). The maximum atomic E-state index is 12.6. The normalized spacial score (nSPS) is 27.0. The third-order valence-corrected chi connectivity index (χ3v) is 5.84. The van der Waals surface area contributed by atoms with Gasteiger partial charge in [-0.1, -0.05) is 30.2 Å². The van der Waals surface area contributed by atoms with Crippen LogP contribution in [0.25, 0.3) is 0 Å². The van der Waals surface area contributed by atoms with Crippen molar-refractivity contribution in [3.63, 3.8) is 0 Å². The first kappa shape index (κ1) is 18.3. The third-order valence-electron chi connectivity index (χ3n) is 5.84. The van der Waals surface area contributed by atoms with Crippen LogP contribution >= 0.6 is 0 Å². The van der Waals surface area contributed by atoms with Crippen molar-refractivity contribution in [1.82, 2.24) is 10.2 Å². The number of benzene rings is 1. The Morgan fingerprint density at radius 1 is 1.14 bits per heavy atom. The summed E-state index contributed by atoms with van der Waals surface area (Å²) in [5, 5.41) is 2.79. The smallest absolute Gasteiger partial charge is 0.240 e. The number of hydrogen-bond donors (Lipinski definition) is 1. The Bertz CT molecular complexity index is 838. The molecule has 3 aliphatic rings. The molecule has 0 spiro atoms. The molecule has 0 aromatic heterocycles. The number of imide groups is 1. The summed E-state index contributed by atoms with van der Waals surface area (Å²) in [6.45, 7) is 0.463. The highest BCUT2D eigenvalue weighted by Gasteiger charge is 2.59. The maximum Gasteiger partial charge on any atom is 0.240 e. The highest BCUT2D eigenvalue weighted by atomic mass is 16.5. The SMILES string of the molecule is C#CCOc1ccc(CCNC(=O)CN2C(=O)C3C4C=CC(C4)C3C2=O)cc1. The molecule has 1 aliphatic heterocycles. The fourth-order valence-electron chi connectivity index (χ4n) is 4.54. The number of rotatable bonds is 7. The minimum absolute atomic E-state index is 0.159. The molecule has 1 aromatic carbocycles. The Labute approximate surface area is 163 Å². The molecule has 2 bridgehead atoms. The molecule has 1 aromatic rings. The van der Waals surface area contributed by atoms with Crippen LogP contribution in [0.3, 0.4) is 0 Å². The first-order chi connectivity index (χ1) is 13.6. The zero-order valence-electron chi connectivity index (χ0n) is 15.5. The summed E-state index contributed by atoms with van der Waals surface area (Å²) in [5.74, 6) is 2.22. The van der Waals surface area contributed by atoms with E-state index in [9.17, 15) is 14.4 Å². The predicted octanol–water partition coefficient (Wildman–Crippen LogP) is 1.16. The largest absolute Gasteiger partial charge is 0.481 e. The van der Waals surface area contributed by atoms with Gasteiger partial charge in [0.15, 0.2) is 0 Å². The monoisotopic (exact) mass is 378 g/mol. The molecule has 6 heteroatoms. The molecule has 4 atom stereocenters. The van der Waals surface area contributed by atoms with Crippen LogP contribution in [-0.4, -0.2) is 42.3 Å². The number of amides is 3. The van der Waals surface area contributed by atoms with Crippen molar-refractivity contribution in [2.24, 2.45) is 23.7 Å². The van der Waals surface area contributed by atoms with Gasteiger partial charge in [-0.15, -0.1) is 6.42 Å². The highest BCUT2D eigenvalue weighted by molar-refractivity contribution is 6.08. The lowest BCUT2D eigenvalue weighted by atomic mass is 9.85. The Morgan fingerprint density at radius 3 is 2.39 bits per heavy atom. The summed E-state index contributed by atoms with van der Waals surface area (Å²) in [7, 11) is 0. The predicted molar refractivity (Wildman–Crippen MR) is 102 cm³/mol. The van der Waals surface area contributed by atoms with Gasteiger partial charge in [-0.2, -0.15) is 0 Å². The van der Waals surface area contributed by atoms with E-state index in [2.05, 4.69) is 11.2 Å². The van der Waals surface area contributed by atoms with Crippen LogP contribution in [0.4, 0.5) is 0 Å². The topological polar surface area (TPSA) is 75.7 Å². The molecule has 0 radical (unpaired) electrons. The van der Waals surface area contributed by atoms with Crippen LogP contribution in [-0.2, 0) is 20.8 Å². The minimum atomic E-state index is -0.309. The molecule has 4 rings (SSSR count). The second-order valence-electron chi connectivity index (χ2n) is 7.50. The van der Waals surface area contributed by atoms with Crippen LogP contribution in [0.2, 0.25) is 0 Å². The number of likely N-dealkylation sites (tertiary alicyclic amines) is 1. The van der Waals surface area contributed by atoms with E-state index < -0.39 is 0 Å². The zero-order chi connectivity index (χ0) is 19.7. The molecule has 1 heterocycles. The maximum absolute atomic E-state index is 12.6. The number of hydrogen-bond acceptors (Lipinski definition) is 4. The number of fused-ring (bicyclic) bond motifs is 5. The number of nitrogens with zero attached hydrogens (tertiary/aromatic N) is 1. The molecule has 28 heavy (non-hydrogen) atoms. The third kappa shape index (κ3) is 3.29. The van der Waals surface area contributed by atoms with Crippen LogP contribution < -0.4 is 10.1 Å². The van der Waals surface area contributed by atoms with Gasteiger partial charge in [-0.25, -0.2) is 0 Å². The van der Waals surface area contributed by atoms with Crippen LogP contribution in [0.1, 0.15) is 12.0 Å². The zero-order valence-corrected chi connectivity index (χ0v) is 15.5. The van der Waals surface area contributed by atoms with E-state index in [1.165, 1.54) is 0 Å². The molecule has 1 N–H and O–H groups in total. The second kappa shape index (κ2) is 7.51. The van der Waals surface area contributed by atoms with Gasteiger partial charge >= 0.3 is 0 Å². The molecule has 144 valence electrons. The van der Waals surface area contributed by atoms with E-state index in [4.69, 9.17) is 11.2 Å². The van der Waals surface area contributed by atoms with Crippen molar-refractivity contribution in [1.29, 1.82) is 0 Å². The second-order valence-corrected chi connectivity index (χ2v) is 7.50. The van der Waals surface area contributed by atoms with Crippen molar-refractivity contribution in [2.75, 3.05) is 19.7 Å². The molecule has 4 unspecified atom stereocenters. The first-order valence-corrected chi connectivity index (χ1v) is 9.54. The van der Waals surface area contributed by atoms with Crippen molar-refractivity contribution in [3.05, 3.63) is 42.0 Å². The van der Waals surface area contributed by atoms with Gasteiger partial charge in [0.1, 0.15) is 18.9 Å². The summed E-state index contributed by atoms with van der Waals surface area (Å²) in [4.78, 5) is 38.6.